The summed E-state index contributed by atoms with van der Waals surface area (Å²) < 4.78 is 1.88. The third-order valence-electron chi connectivity index (χ3n) is 6.02. The fourth-order valence-electron chi connectivity index (χ4n) is 4.11. The molecular formula is C21H25BN6O. The molecule has 3 aromatic rings. The molecule has 8 heteroatoms. The zero-order chi connectivity index (χ0) is 19.8. The van der Waals surface area contributed by atoms with Gasteiger partial charge in [-0.05, 0) is 42.8 Å². The van der Waals surface area contributed by atoms with E-state index in [1.165, 1.54) is 0 Å². The van der Waals surface area contributed by atoms with Gasteiger partial charge < -0.3 is 10.2 Å². The highest BCUT2D eigenvalue weighted by Gasteiger charge is 2.35. The second kappa shape index (κ2) is 7.50. The lowest BCUT2D eigenvalue weighted by Crippen LogP contribution is -2.39. The molecule has 5 rings (SSSR count). The van der Waals surface area contributed by atoms with E-state index in [4.69, 9.17) is 4.98 Å². The maximum Gasteiger partial charge on any atom is 0.225 e. The van der Waals surface area contributed by atoms with Crippen LogP contribution in [-0.4, -0.2) is 51.3 Å². The second-order valence-corrected chi connectivity index (χ2v) is 8.22. The van der Waals surface area contributed by atoms with E-state index in [1.807, 2.05) is 30.8 Å². The van der Waals surface area contributed by atoms with Crippen molar-refractivity contribution in [2.24, 2.45) is 5.92 Å². The van der Waals surface area contributed by atoms with Crippen molar-refractivity contribution in [1.29, 1.82) is 0 Å². The third kappa shape index (κ3) is 3.71. The second-order valence-electron chi connectivity index (χ2n) is 8.22. The van der Waals surface area contributed by atoms with Crippen molar-refractivity contribution in [2.75, 3.05) is 18.4 Å². The molecule has 2 aliphatic rings. The molecule has 1 N–H and O–H groups in total. The van der Waals surface area contributed by atoms with Crippen LogP contribution >= 0.6 is 0 Å². The highest BCUT2D eigenvalue weighted by Crippen LogP contribution is 2.34. The van der Waals surface area contributed by atoms with Crippen molar-refractivity contribution in [3.8, 4) is 0 Å². The van der Waals surface area contributed by atoms with Crippen LogP contribution in [0, 0.1) is 5.92 Å². The molecule has 3 aromatic heterocycles. The fraction of sp³-hybridized carbons (Fsp3) is 0.429. The van der Waals surface area contributed by atoms with Gasteiger partial charge in [-0.15, -0.1) is 0 Å². The molecule has 1 aliphatic heterocycles. The number of rotatable bonds is 5. The molecule has 4 heterocycles. The van der Waals surface area contributed by atoms with Gasteiger partial charge in [-0.1, -0.05) is 6.07 Å². The summed E-state index contributed by atoms with van der Waals surface area (Å²) in [6, 6.07) is 6.12. The van der Waals surface area contributed by atoms with Crippen LogP contribution in [0.15, 0.2) is 36.8 Å². The number of nitrogens with zero attached hydrogens (tertiary/aromatic N) is 5. The number of pyridine rings is 1. The first-order chi connectivity index (χ1) is 14.2. The molecule has 1 aliphatic carbocycles. The van der Waals surface area contributed by atoms with E-state index in [0.717, 1.165) is 67.0 Å². The number of carbonyl (C=O) groups excluding carboxylic acids is 1. The smallest absolute Gasteiger partial charge is 0.225 e. The summed E-state index contributed by atoms with van der Waals surface area (Å²) in [6.45, 7) is 2.35. The van der Waals surface area contributed by atoms with Crippen molar-refractivity contribution in [2.45, 2.75) is 38.1 Å². The molecule has 0 aromatic carbocycles. The van der Waals surface area contributed by atoms with E-state index in [2.05, 4.69) is 32.4 Å². The molecule has 0 radical (unpaired) electrons. The van der Waals surface area contributed by atoms with Crippen LogP contribution in [-0.2, 0) is 11.3 Å². The lowest BCUT2D eigenvalue weighted by atomic mass is 9.92. The summed E-state index contributed by atoms with van der Waals surface area (Å²) in [7, 11) is 2.04. The molecule has 1 amide bonds. The first kappa shape index (κ1) is 18.2. The topological polar surface area (TPSA) is 75.4 Å². The van der Waals surface area contributed by atoms with Crippen molar-refractivity contribution in [1.82, 2.24) is 24.5 Å². The maximum atomic E-state index is 12.3. The van der Waals surface area contributed by atoms with Crippen molar-refractivity contribution in [3.05, 3.63) is 48.0 Å². The monoisotopic (exact) mass is 388 g/mol. The Hall–Kier alpha value is -2.90. The van der Waals surface area contributed by atoms with Gasteiger partial charge in [-0.3, -0.25) is 9.78 Å². The number of hydrogen-bond acceptors (Lipinski definition) is 5. The minimum atomic E-state index is 0.304. The van der Waals surface area contributed by atoms with Gasteiger partial charge in [-0.25, -0.2) is 4.98 Å². The number of fused-ring (bicyclic) bond motifs is 1. The third-order valence-corrected chi connectivity index (χ3v) is 6.02. The number of nitrogens with one attached hydrogen (secondary N) is 1. The molecule has 2 fully saturated rings. The molecule has 1 saturated carbocycles. The van der Waals surface area contributed by atoms with E-state index < -0.39 is 0 Å². The summed E-state index contributed by atoms with van der Waals surface area (Å²) in [4.78, 5) is 23.5. The fourth-order valence-corrected chi connectivity index (χ4v) is 4.11. The van der Waals surface area contributed by atoms with Crippen LogP contribution < -0.4 is 10.8 Å². The zero-order valence-electron chi connectivity index (χ0n) is 16.7. The van der Waals surface area contributed by atoms with Gasteiger partial charge in [0.1, 0.15) is 13.7 Å². The first-order valence-corrected chi connectivity index (χ1v) is 10.5. The van der Waals surface area contributed by atoms with Crippen LogP contribution in [0.5, 0.6) is 0 Å². The summed E-state index contributed by atoms with van der Waals surface area (Å²) >= 11 is 0. The summed E-state index contributed by atoms with van der Waals surface area (Å²) in [5, 5.41) is 8.00. The largest absolute Gasteiger partial charge is 0.366 e. The molecular weight excluding hydrogens is 363 g/mol. The Morgan fingerprint density at radius 3 is 2.76 bits per heavy atom. The molecule has 1 saturated heterocycles. The van der Waals surface area contributed by atoms with Gasteiger partial charge >= 0.3 is 0 Å². The van der Waals surface area contributed by atoms with Gasteiger partial charge in [0.2, 0.25) is 5.91 Å². The van der Waals surface area contributed by atoms with Crippen LogP contribution in [0.2, 0.25) is 0 Å². The lowest BCUT2D eigenvalue weighted by molar-refractivity contribution is -0.133. The van der Waals surface area contributed by atoms with E-state index in [-0.39, 0.29) is 0 Å². The van der Waals surface area contributed by atoms with E-state index in [1.54, 1.807) is 6.20 Å². The summed E-state index contributed by atoms with van der Waals surface area (Å²) in [5.41, 5.74) is 4.17. The van der Waals surface area contributed by atoms with Crippen LogP contribution in [0.1, 0.15) is 42.9 Å². The van der Waals surface area contributed by atoms with E-state index >= 15 is 0 Å². The molecule has 29 heavy (non-hydrogen) atoms. The Balaban J connectivity index is 1.36. The van der Waals surface area contributed by atoms with Crippen LogP contribution in [0.25, 0.3) is 5.65 Å². The predicted molar refractivity (Wildman–Crippen MR) is 114 cm³/mol. The molecule has 148 valence electrons. The molecule has 0 unspecified atom stereocenters. The Labute approximate surface area is 170 Å². The molecule has 0 spiro atoms. The number of anilines is 1. The normalized spacial score (nSPS) is 17.6. The summed E-state index contributed by atoms with van der Waals surface area (Å²) in [5.74, 6) is 1.98. The Morgan fingerprint density at radius 1 is 1.21 bits per heavy atom. The average molecular weight is 388 g/mol. The molecule has 7 nitrogen and oxygen atoms in total. The van der Waals surface area contributed by atoms with Crippen molar-refractivity contribution in [3.63, 3.8) is 0 Å². The highest BCUT2D eigenvalue weighted by atomic mass is 16.2. The minimum absolute atomic E-state index is 0.304. The van der Waals surface area contributed by atoms with E-state index in [9.17, 15) is 4.79 Å². The predicted octanol–water partition coefficient (Wildman–Crippen LogP) is 1.11. The minimum Gasteiger partial charge on any atom is -0.366 e. The quantitative estimate of drug-likeness (QED) is 0.663. The Bertz CT molecular complexity index is 1020. The number of piperidine rings is 1. The number of likely N-dealkylation sites (tertiary alicyclic amines) is 1. The average Bonchev–Trinajstić information content (AvgIpc) is 3.55. The van der Waals surface area contributed by atoms with Gasteiger partial charge in [0, 0.05) is 61.8 Å². The maximum absolute atomic E-state index is 12.3. The Kier molecular flexibility index (Phi) is 4.69. The van der Waals surface area contributed by atoms with Crippen molar-refractivity contribution >= 4 is 30.7 Å². The zero-order valence-corrected chi connectivity index (χ0v) is 16.7. The van der Waals surface area contributed by atoms with Gasteiger partial charge in [0.25, 0.3) is 0 Å². The molecule has 0 atom stereocenters. The standard InChI is InChI=1S/C21H25BN6O/c22-17-13-25-28-19(24-12-14-2-1-7-23-11-14)10-18(26-20(17)28)15-5-8-27(9-6-15)21(29)16-3-4-16/h1-2,7,10-11,13,15-16,24H,3-6,8-9,12,22H2. The lowest BCUT2D eigenvalue weighted by Gasteiger charge is -2.32. The summed E-state index contributed by atoms with van der Waals surface area (Å²) in [6.07, 6.45) is 9.59. The van der Waals surface area contributed by atoms with Gasteiger partial charge in [-0.2, -0.15) is 9.61 Å². The number of carbonyl (C=O) groups is 1. The van der Waals surface area contributed by atoms with E-state index in [0.29, 0.717) is 24.3 Å². The SMILES string of the molecule is Bc1cnn2c(NCc3cccnc3)cc(C3CCN(C(=O)C4CC4)CC3)nc12. The van der Waals surface area contributed by atoms with Crippen molar-refractivity contribution < 1.29 is 4.79 Å². The highest BCUT2D eigenvalue weighted by molar-refractivity contribution is 6.36. The number of aromatic nitrogens is 4. The number of amides is 1. The molecule has 0 bridgehead atoms. The van der Waals surface area contributed by atoms with Gasteiger partial charge in [0.15, 0.2) is 5.65 Å². The van der Waals surface area contributed by atoms with Crippen LogP contribution in [0.4, 0.5) is 5.82 Å². The Morgan fingerprint density at radius 2 is 2.03 bits per heavy atom. The van der Waals surface area contributed by atoms with Gasteiger partial charge in [0.05, 0.1) is 0 Å². The number of hydrogen-bond donors (Lipinski definition) is 1. The van der Waals surface area contributed by atoms with Crippen LogP contribution in [0.3, 0.4) is 0 Å². The first-order valence-electron chi connectivity index (χ1n) is 10.5.